The molecule has 3 rings (SSSR count). The molecule has 0 spiro atoms. The molecule has 192 valence electrons. The molecule has 2 aromatic carbocycles. The lowest BCUT2D eigenvalue weighted by molar-refractivity contribution is 0.276. The molecule has 0 radical (unpaired) electrons. The molecular formula is C28H36N3O4P. The number of rotatable bonds is 15. The molecule has 7 nitrogen and oxygen atoms in total. The Bertz CT molecular complexity index is 1160. The van der Waals surface area contributed by atoms with Gasteiger partial charge >= 0.3 is 8.25 Å². The van der Waals surface area contributed by atoms with Crippen LogP contribution in [0.4, 0.5) is 5.69 Å². The molecule has 0 saturated heterocycles. The molecule has 0 saturated carbocycles. The lowest BCUT2D eigenvalue weighted by atomic mass is 9.95. The van der Waals surface area contributed by atoms with E-state index in [9.17, 15) is 9.83 Å². The Labute approximate surface area is 214 Å². The van der Waals surface area contributed by atoms with Crippen molar-refractivity contribution in [1.82, 2.24) is 5.32 Å². The number of nitrogens with one attached hydrogen (secondary N) is 2. The summed E-state index contributed by atoms with van der Waals surface area (Å²) in [5.74, 6) is 0.527. The summed E-state index contributed by atoms with van der Waals surface area (Å²) in [5, 5.41) is 16.4. The van der Waals surface area contributed by atoms with E-state index in [1.54, 1.807) is 12.5 Å². The Kier molecular flexibility index (Phi) is 11.3. The lowest BCUT2D eigenvalue weighted by Gasteiger charge is -2.14. The predicted octanol–water partition coefficient (Wildman–Crippen LogP) is 5.94. The Morgan fingerprint density at radius 3 is 2.67 bits per heavy atom. The summed E-state index contributed by atoms with van der Waals surface area (Å²) < 4.78 is 20.6. The lowest BCUT2D eigenvalue weighted by Crippen LogP contribution is -2.16. The van der Waals surface area contributed by atoms with Crippen molar-refractivity contribution in [3.05, 3.63) is 77.2 Å². The van der Waals surface area contributed by atoms with Gasteiger partial charge in [0.05, 0.1) is 30.8 Å². The fraction of sp³-hybridized carbons (Fsp3) is 0.393. The zero-order chi connectivity index (χ0) is 25.8. The van der Waals surface area contributed by atoms with Gasteiger partial charge < -0.3 is 24.5 Å². The van der Waals surface area contributed by atoms with Crippen molar-refractivity contribution in [3.8, 4) is 17.2 Å². The van der Waals surface area contributed by atoms with E-state index in [-0.39, 0.29) is 6.61 Å². The van der Waals surface area contributed by atoms with Gasteiger partial charge in [0.2, 0.25) is 0 Å². The number of hydrogen-bond donors (Lipinski definition) is 3. The highest BCUT2D eigenvalue weighted by Crippen LogP contribution is 2.30. The molecule has 0 amide bonds. The first kappa shape index (κ1) is 27.7. The van der Waals surface area contributed by atoms with E-state index in [2.05, 4.69) is 60.9 Å². The fourth-order valence-electron chi connectivity index (χ4n) is 4.12. The van der Waals surface area contributed by atoms with E-state index in [1.165, 1.54) is 5.56 Å². The van der Waals surface area contributed by atoms with Gasteiger partial charge in [-0.05, 0) is 79.1 Å². The standard InChI is InChI=1S/C28H36N3O4P/c1-21(2)15-24-8-6-22(16-26(24)18-29)5-3-12-31-28-9-7-23(17-27(28)25-10-14-34-20-25)19-30-11-4-13-35-36(32)33/h6-10,14,16-17,20-21,30-31,36H,3-5,11-13,15,19H2,1-2H3,(H,32,33). The minimum absolute atomic E-state index is 0.268. The third-order valence-corrected chi connectivity index (χ3v) is 6.30. The summed E-state index contributed by atoms with van der Waals surface area (Å²) in [6.07, 6.45) is 6.86. The van der Waals surface area contributed by atoms with Crippen LogP contribution in [0.25, 0.3) is 11.1 Å². The van der Waals surface area contributed by atoms with Crippen molar-refractivity contribution >= 4 is 13.9 Å². The van der Waals surface area contributed by atoms with Crippen molar-refractivity contribution in [2.45, 2.75) is 46.1 Å². The summed E-state index contributed by atoms with van der Waals surface area (Å²) in [5.41, 5.74) is 7.39. The summed E-state index contributed by atoms with van der Waals surface area (Å²) in [4.78, 5) is 8.70. The van der Waals surface area contributed by atoms with Crippen LogP contribution >= 0.6 is 8.25 Å². The van der Waals surface area contributed by atoms with Crippen LogP contribution in [0.5, 0.6) is 0 Å². The molecule has 1 heterocycles. The van der Waals surface area contributed by atoms with Gasteiger partial charge in [0.25, 0.3) is 0 Å². The van der Waals surface area contributed by atoms with E-state index in [1.807, 2.05) is 12.1 Å². The third kappa shape index (κ3) is 8.96. The molecule has 1 unspecified atom stereocenters. The van der Waals surface area contributed by atoms with Crippen LogP contribution in [-0.2, 0) is 28.5 Å². The van der Waals surface area contributed by atoms with Crippen LogP contribution in [0.2, 0.25) is 0 Å². The maximum atomic E-state index is 10.6. The maximum absolute atomic E-state index is 10.6. The Morgan fingerprint density at radius 2 is 1.94 bits per heavy atom. The first-order valence-corrected chi connectivity index (χ1v) is 13.7. The smallest absolute Gasteiger partial charge is 0.316 e. The molecule has 1 atom stereocenters. The van der Waals surface area contributed by atoms with E-state index in [0.29, 0.717) is 25.4 Å². The van der Waals surface area contributed by atoms with Gasteiger partial charge in [-0.25, -0.2) is 0 Å². The van der Waals surface area contributed by atoms with Gasteiger partial charge in [0, 0.05) is 29.9 Å². The van der Waals surface area contributed by atoms with Crippen LogP contribution in [0.3, 0.4) is 0 Å². The minimum atomic E-state index is -2.85. The van der Waals surface area contributed by atoms with E-state index < -0.39 is 8.25 Å². The zero-order valence-electron chi connectivity index (χ0n) is 21.0. The summed E-state index contributed by atoms with van der Waals surface area (Å²) in [7, 11) is -2.85. The van der Waals surface area contributed by atoms with Gasteiger partial charge in [-0.2, -0.15) is 5.26 Å². The third-order valence-electron chi connectivity index (χ3n) is 5.85. The first-order chi connectivity index (χ1) is 17.5. The second-order valence-corrected chi connectivity index (χ2v) is 10.1. The largest absolute Gasteiger partial charge is 0.472 e. The van der Waals surface area contributed by atoms with Crippen LogP contribution in [0.1, 0.15) is 48.9 Å². The molecular weight excluding hydrogens is 473 g/mol. The fourth-order valence-corrected chi connectivity index (χ4v) is 4.44. The van der Waals surface area contributed by atoms with E-state index in [4.69, 9.17) is 13.8 Å². The Morgan fingerprint density at radius 1 is 1.11 bits per heavy atom. The minimum Gasteiger partial charge on any atom is -0.472 e. The van der Waals surface area contributed by atoms with Gasteiger partial charge in [-0.1, -0.05) is 32.0 Å². The first-order valence-electron chi connectivity index (χ1n) is 12.4. The van der Waals surface area contributed by atoms with Crippen LogP contribution in [-0.4, -0.2) is 24.6 Å². The van der Waals surface area contributed by atoms with Crippen molar-refractivity contribution in [2.75, 3.05) is 25.0 Å². The molecule has 0 bridgehead atoms. The zero-order valence-corrected chi connectivity index (χ0v) is 22.0. The SMILES string of the molecule is CC(C)Cc1ccc(CCCNc2ccc(CNCCCO[PH](=O)O)cc2-c2ccoc2)cc1C#N. The van der Waals surface area contributed by atoms with Gasteiger partial charge in [0.15, 0.2) is 0 Å². The molecule has 36 heavy (non-hydrogen) atoms. The van der Waals surface area contributed by atoms with E-state index in [0.717, 1.165) is 59.3 Å². The molecule has 3 aromatic rings. The van der Waals surface area contributed by atoms with E-state index >= 15 is 0 Å². The predicted molar refractivity (Wildman–Crippen MR) is 144 cm³/mol. The summed E-state index contributed by atoms with van der Waals surface area (Å²) in [6.45, 7) is 6.81. The Balaban J connectivity index is 1.55. The number of anilines is 1. The normalized spacial score (nSPS) is 12.0. The Hall–Kier alpha value is -2.88. The number of hydrogen-bond acceptors (Lipinski definition) is 6. The number of furan rings is 1. The number of nitrogens with zero attached hydrogens (tertiary/aromatic N) is 1. The quantitative estimate of drug-likeness (QED) is 0.172. The van der Waals surface area contributed by atoms with Gasteiger partial charge in [-0.3, -0.25) is 4.57 Å². The van der Waals surface area contributed by atoms with Crippen LogP contribution in [0.15, 0.2) is 59.4 Å². The maximum Gasteiger partial charge on any atom is 0.316 e. The molecule has 0 aliphatic carbocycles. The van der Waals surface area contributed by atoms with Gasteiger partial charge in [0.1, 0.15) is 0 Å². The summed E-state index contributed by atoms with van der Waals surface area (Å²) in [6, 6.07) is 16.9. The molecule has 0 fully saturated rings. The second-order valence-electron chi connectivity index (χ2n) is 9.27. The number of benzene rings is 2. The number of aryl methyl sites for hydroxylation is 1. The van der Waals surface area contributed by atoms with Crippen molar-refractivity contribution in [1.29, 1.82) is 5.26 Å². The molecule has 0 aliphatic heterocycles. The average molecular weight is 510 g/mol. The van der Waals surface area contributed by atoms with Crippen LogP contribution in [0, 0.1) is 17.2 Å². The molecule has 1 aromatic heterocycles. The van der Waals surface area contributed by atoms with Crippen molar-refractivity contribution in [3.63, 3.8) is 0 Å². The molecule has 8 heteroatoms. The molecule has 3 N–H and O–H groups in total. The summed E-state index contributed by atoms with van der Waals surface area (Å²) >= 11 is 0. The highest BCUT2D eigenvalue weighted by molar-refractivity contribution is 7.32. The van der Waals surface area contributed by atoms with Crippen LogP contribution < -0.4 is 10.6 Å². The highest BCUT2D eigenvalue weighted by atomic mass is 31.1. The average Bonchev–Trinajstić information content (AvgIpc) is 3.39. The molecule has 0 aliphatic rings. The van der Waals surface area contributed by atoms with Crippen molar-refractivity contribution < 1.29 is 18.4 Å². The van der Waals surface area contributed by atoms with Crippen molar-refractivity contribution in [2.24, 2.45) is 5.92 Å². The highest BCUT2D eigenvalue weighted by Gasteiger charge is 2.09. The van der Waals surface area contributed by atoms with Gasteiger partial charge in [-0.15, -0.1) is 0 Å². The topological polar surface area (TPSA) is 108 Å². The monoisotopic (exact) mass is 509 g/mol. The second kappa shape index (κ2) is 14.6. The number of nitriles is 1.